The summed E-state index contributed by atoms with van der Waals surface area (Å²) in [5, 5.41) is 8.07. The number of halogens is 2. The zero-order valence-corrected chi connectivity index (χ0v) is 30.8. The van der Waals surface area contributed by atoms with Gasteiger partial charge >= 0.3 is 5.76 Å². The Bertz CT molecular complexity index is 2050. The minimum atomic E-state index is -4.39. The SMILES string of the molecule is Cc1ccc(F)c(C(C)[C@H](NS(=O)(=O)c2ccc(Cl)nc2CCO[Si](c2ccccc2)(c2ccccc2)C(C)(C)C)c2n[nH]c(=O)o2)c1C. The van der Waals surface area contributed by atoms with Crippen molar-refractivity contribution in [3.8, 4) is 0 Å². The van der Waals surface area contributed by atoms with E-state index in [0.717, 1.165) is 15.9 Å². The molecule has 0 fully saturated rings. The number of nitrogens with zero attached hydrogens (tertiary/aromatic N) is 2. The van der Waals surface area contributed by atoms with Crippen LogP contribution in [0, 0.1) is 19.7 Å². The highest BCUT2D eigenvalue weighted by molar-refractivity contribution is 7.89. The van der Waals surface area contributed by atoms with Crippen LogP contribution >= 0.6 is 11.6 Å². The minimum absolute atomic E-state index is 0.111. The average molecular weight is 723 g/mol. The van der Waals surface area contributed by atoms with Crippen molar-refractivity contribution in [3.63, 3.8) is 0 Å². The van der Waals surface area contributed by atoms with E-state index in [1.54, 1.807) is 19.9 Å². The van der Waals surface area contributed by atoms with Crippen LogP contribution in [0.4, 0.5) is 4.39 Å². The fourth-order valence-corrected chi connectivity index (χ4v) is 12.6. The maximum atomic E-state index is 15.3. The van der Waals surface area contributed by atoms with E-state index in [2.05, 4.69) is 64.9 Å². The van der Waals surface area contributed by atoms with Crippen molar-refractivity contribution in [3.05, 3.63) is 135 Å². The summed E-state index contributed by atoms with van der Waals surface area (Å²) >= 11 is 6.32. The van der Waals surface area contributed by atoms with Gasteiger partial charge in [0.25, 0.3) is 8.32 Å². The molecule has 2 heterocycles. The minimum Gasteiger partial charge on any atom is -0.407 e. The number of benzene rings is 3. The van der Waals surface area contributed by atoms with Crippen LogP contribution in [0.5, 0.6) is 0 Å². The quantitative estimate of drug-likeness (QED) is 0.118. The summed E-state index contributed by atoms with van der Waals surface area (Å²) in [6.07, 6.45) is 0.116. The second-order valence-electron chi connectivity index (χ2n) is 13.1. The third kappa shape index (κ3) is 7.48. The van der Waals surface area contributed by atoms with Gasteiger partial charge in [-0.15, -0.1) is 5.10 Å². The number of sulfonamides is 1. The number of rotatable bonds is 12. The van der Waals surface area contributed by atoms with Gasteiger partial charge in [-0.2, -0.15) is 4.72 Å². The van der Waals surface area contributed by atoms with E-state index >= 15 is 4.39 Å². The summed E-state index contributed by atoms with van der Waals surface area (Å²) in [7, 11) is -7.32. The van der Waals surface area contributed by atoms with Crippen molar-refractivity contribution < 1.29 is 21.7 Å². The van der Waals surface area contributed by atoms with Crippen molar-refractivity contribution in [1.29, 1.82) is 0 Å². The molecule has 2 N–H and O–H groups in total. The van der Waals surface area contributed by atoms with Gasteiger partial charge in [0.1, 0.15) is 21.9 Å². The van der Waals surface area contributed by atoms with Crippen LogP contribution in [0.2, 0.25) is 10.2 Å². The molecule has 0 saturated carbocycles. The number of hydrogen-bond acceptors (Lipinski definition) is 7. The molecule has 0 saturated heterocycles. The summed E-state index contributed by atoms with van der Waals surface area (Å²) in [6, 6.07) is 24.7. The Hall–Kier alpha value is -3.94. The van der Waals surface area contributed by atoms with Crippen LogP contribution < -0.4 is 20.9 Å². The smallest absolute Gasteiger partial charge is 0.407 e. The van der Waals surface area contributed by atoms with Crippen LogP contribution in [0.15, 0.2) is 99.0 Å². The molecule has 5 aromatic rings. The first-order chi connectivity index (χ1) is 23.2. The monoisotopic (exact) mass is 722 g/mol. The van der Waals surface area contributed by atoms with Crippen molar-refractivity contribution in [2.24, 2.45) is 0 Å². The molecule has 0 spiro atoms. The summed E-state index contributed by atoms with van der Waals surface area (Å²) in [5.74, 6) is -2.46. The maximum absolute atomic E-state index is 15.3. The topological polar surface area (TPSA) is 127 Å². The highest BCUT2D eigenvalue weighted by Gasteiger charge is 2.50. The van der Waals surface area contributed by atoms with Crippen LogP contribution in [0.3, 0.4) is 0 Å². The molecule has 5 rings (SSSR count). The van der Waals surface area contributed by atoms with E-state index in [1.165, 1.54) is 18.2 Å². The third-order valence-electron chi connectivity index (χ3n) is 8.95. The molecule has 49 heavy (non-hydrogen) atoms. The number of aryl methyl sites for hydroxylation is 1. The molecule has 0 aliphatic rings. The van der Waals surface area contributed by atoms with Gasteiger partial charge in [0.05, 0.1) is 5.69 Å². The molecular formula is C36H40ClFN4O5SSi. The van der Waals surface area contributed by atoms with Gasteiger partial charge in [-0.25, -0.2) is 27.7 Å². The Kier molecular flexibility index (Phi) is 10.8. The highest BCUT2D eigenvalue weighted by Crippen LogP contribution is 2.38. The van der Waals surface area contributed by atoms with Crippen molar-refractivity contribution in [2.45, 2.75) is 69.9 Å². The zero-order chi connectivity index (χ0) is 35.6. The molecule has 0 amide bonds. The number of pyridine rings is 1. The summed E-state index contributed by atoms with van der Waals surface area (Å²) in [4.78, 5) is 16.3. The molecule has 9 nitrogen and oxygen atoms in total. The molecular weight excluding hydrogens is 683 g/mol. The van der Waals surface area contributed by atoms with Gasteiger partial charge in [0.2, 0.25) is 15.9 Å². The zero-order valence-electron chi connectivity index (χ0n) is 28.3. The molecule has 2 aromatic heterocycles. The summed E-state index contributed by atoms with van der Waals surface area (Å²) < 4.78 is 58.5. The van der Waals surface area contributed by atoms with Gasteiger partial charge in [-0.1, -0.05) is 106 Å². The van der Waals surface area contributed by atoms with E-state index in [4.69, 9.17) is 20.4 Å². The lowest BCUT2D eigenvalue weighted by molar-refractivity contribution is 0.299. The second kappa shape index (κ2) is 14.5. The normalized spacial score (nSPS) is 13.7. The van der Waals surface area contributed by atoms with Crippen molar-refractivity contribution >= 4 is 40.3 Å². The third-order valence-corrected chi connectivity index (χ3v) is 15.7. The van der Waals surface area contributed by atoms with E-state index in [0.29, 0.717) is 5.56 Å². The summed E-state index contributed by atoms with van der Waals surface area (Å²) in [6.45, 7) is 11.8. The fraction of sp³-hybridized carbons (Fsp3) is 0.306. The lowest BCUT2D eigenvalue weighted by Crippen LogP contribution is -2.66. The first-order valence-electron chi connectivity index (χ1n) is 15.9. The number of hydrogen-bond donors (Lipinski definition) is 2. The predicted molar refractivity (Wildman–Crippen MR) is 191 cm³/mol. The first-order valence-corrected chi connectivity index (χ1v) is 19.7. The largest absolute Gasteiger partial charge is 0.434 e. The number of nitrogens with one attached hydrogen (secondary N) is 2. The average Bonchev–Trinajstić information content (AvgIpc) is 3.49. The molecule has 0 radical (unpaired) electrons. The maximum Gasteiger partial charge on any atom is 0.434 e. The molecule has 2 atom stereocenters. The van der Waals surface area contributed by atoms with Gasteiger partial charge in [0, 0.05) is 18.9 Å². The van der Waals surface area contributed by atoms with Crippen LogP contribution in [0.25, 0.3) is 0 Å². The fourth-order valence-electron chi connectivity index (χ4n) is 6.45. The first kappa shape index (κ1) is 36.3. The van der Waals surface area contributed by atoms with Crippen LogP contribution in [-0.4, -0.2) is 38.5 Å². The van der Waals surface area contributed by atoms with E-state index in [-0.39, 0.29) is 45.3 Å². The van der Waals surface area contributed by atoms with Crippen molar-refractivity contribution in [2.75, 3.05) is 6.61 Å². The number of aromatic nitrogens is 3. The number of H-pyrrole nitrogens is 1. The van der Waals surface area contributed by atoms with E-state index in [1.807, 2.05) is 43.3 Å². The highest BCUT2D eigenvalue weighted by atomic mass is 35.5. The van der Waals surface area contributed by atoms with Gasteiger partial charge in [-0.3, -0.25) is 0 Å². The summed E-state index contributed by atoms with van der Waals surface area (Å²) in [5.41, 5.74) is 1.92. The lowest BCUT2D eigenvalue weighted by Gasteiger charge is -2.43. The second-order valence-corrected chi connectivity index (χ2v) is 19.5. The Balaban J connectivity index is 1.51. The van der Waals surface area contributed by atoms with Gasteiger partial charge < -0.3 is 8.84 Å². The lowest BCUT2D eigenvalue weighted by atomic mass is 9.88. The molecule has 3 aromatic carbocycles. The molecule has 0 aliphatic heterocycles. The van der Waals surface area contributed by atoms with Crippen LogP contribution in [0.1, 0.15) is 67.9 Å². The predicted octanol–water partition coefficient (Wildman–Crippen LogP) is 6.11. The Labute approximate surface area is 292 Å². The molecule has 13 heteroatoms. The van der Waals surface area contributed by atoms with Crippen molar-refractivity contribution in [1.82, 2.24) is 19.9 Å². The van der Waals surface area contributed by atoms with Gasteiger partial charge in [-0.05, 0) is 64.1 Å². The molecule has 258 valence electrons. The molecule has 1 unspecified atom stereocenters. The van der Waals surface area contributed by atoms with E-state index < -0.39 is 41.9 Å². The Morgan fingerprint density at radius 2 is 1.59 bits per heavy atom. The standard InChI is InChI=1S/C36H40ClFN4O5SSi/c1-23-17-18-28(38)32(24(23)2)25(3)33(34-40-41-35(43)47-34)42-48(44,45)30-19-20-31(37)39-29(30)21-22-46-49(36(4,5)6,26-13-9-7-10-14-26)27-15-11-8-12-16-27/h7-20,25,33,42H,21-22H2,1-6H3,(H,41,43)/t25?,33-/m0/s1. The molecule has 0 bridgehead atoms. The Morgan fingerprint density at radius 3 is 2.14 bits per heavy atom. The van der Waals surface area contributed by atoms with E-state index in [9.17, 15) is 13.2 Å². The molecule has 0 aliphatic carbocycles. The Morgan fingerprint density at radius 1 is 0.980 bits per heavy atom. The van der Waals surface area contributed by atoms with Gasteiger partial charge in [0.15, 0.2) is 0 Å². The van der Waals surface area contributed by atoms with Crippen LogP contribution in [-0.2, 0) is 20.9 Å². The number of aromatic amines is 1.